The normalized spacial score (nSPS) is 16.0. The molecule has 0 atom stereocenters. The molecular weight excluding hydrogens is 391 g/mol. The molecule has 1 heterocycles. The maximum atomic E-state index is 12.8. The predicted molar refractivity (Wildman–Crippen MR) is 95.9 cm³/mol. The van der Waals surface area contributed by atoms with E-state index in [0.29, 0.717) is 11.4 Å². The third kappa shape index (κ3) is 5.07. The Morgan fingerprint density at radius 3 is 2.17 bits per heavy atom. The molecule has 0 radical (unpaired) electrons. The molecule has 2 aromatic carbocycles. The molecular formula is C20H16F3NO5. The van der Waals surface area contributed by atoms with E-state index in [1.54, 1.807) is 12.1 Å². The summed E-state index contributed by atoms with van der Waals surface area (Å²) >= 11 is 0. The number of benzene rings is 2. The highest BCUT2D eigenvalue weighted by molar-refractivity contribution is 6.15. The highest BCUT2D eigenvalue weighted by Gasteiger charge is 2.39. The molecule has 1 aliphatic rings. The molecule has 9 heteroatoms. The lowest BCUT2D eigenvalue weighted by Crippen LogP contribution is -2.42. The Morgan fingerprint density at radius 1 is 0.966 bits per heavy atom. The average molecular weight is 407 g/mol. The zero-order valence-electron chi connectivity index (χ0n) is 15.4. The topological polar surface area (TPSA) is 73.9 Å². The lowest BCUT2D eigenvalue weighted by Gasteiger charge is -2.29. The van der Waals surface area contributed by atoms with Crippen LogP contribution >= 0.6 is 0 Å². The maximum absolute atomic E-state index is 12.8. The van der Waals surface area contributed by atoms with Crippen molar-refractivity contribution < 1.29 is 37.0 Å². The van der Waals surface area contributed by atoms with Crippen molar-refractivity contribution in [2.24, 2.45) is 0 Å². The second kappa shape index (κ2) is 7.50. The molecule has 2 aromatic rings. The van der Waals surface area contributed by atoms with Crippen molar-refractivity contribution in [3.8, 4) is 11.5 Å². The minimum Gasteiger partial charge on any atom is -0.457 e. The maximum Gasteiger partial charge on any atom is 0.416 e. The second-order valence-electron chi connectivity index (χ2n) is 6.53. The van der Waals surface area contributed by atoms with Gasteiger partial charge in [-0.25, -0.2) is 9.59 Å². The summed E-state index contributed by atoms with van der Waals surface area (Å²) in [7, 11) is 0. The zero-order valence-corrected chi connectivity index (χ0v) is 15.4. The van der Waals surface area contributed by atoms with E-state index in [4.69, 9.17) is 14.2 Å². The third-order valence-corrected chi connectivity index (χ3v) is 3.75. The highest BCUT2D eigenvalue weighted by Crippen LogP contribution is 2.33. The van der Waals surface area contributed by atoms with E-state index >= 15 is 0 Å². The van der Waals surface area contributed by atoms with E-state index < -0.39 is 29.5 Å². The van der Waals surface area contributed by atoms with Crippen LogP contribution < -0.4 is 10.1 Å². The summed E-state index contributed by atoms with van der Waals surface area (Å²) in [5, 5.41) is 2.75. The third-order valence-electron chi connectivity index (χ3n) is 3.75. The molecule has 0 aliphatic carbocycles. The van der Waals surface area contributed by atoms with Gasteiger partial charge >= 0.3 is 18.1 Å². The molecule has 152 valence electrons. The van der Waals surface area contributed by atoms with Crippen molar-refractivity contribution in [2.45, 2.75) is 25.8 Å². The first kappa shape index (κ1) is 20.2. The number of hydrogen-bond donors (Lipinski definition) is 1. The van der Waals surface area contributed by atoms with E-state index in [1.807, 2.05) is 0 Å². The molecule has 3 rings (SSSR count). The number of alkyl halides is 3. The number of esters is 2. The van der Waals surface area contributed by atoms with Gasteiger partial charge in [0.25, 0.3) is 5.79 Å². The molecule has 1 aliphatic heterocycles. The Labute approximate surface area is 163 Å². The van der Waals surface area contributed by atoms with E-state index in [9.17, 15) is 22.8 Å². The van der Waals surface area contributed by atoms with E-state index in [1.165, 1.54) is 38.1 Å². The molecule has 0 aromatic heterocycles. The molecule has 29 heavy (non-hydrogen) atoms. The van der Waals surface area contributed by atoms with Gasteiger partial charge in [0.1, 0.15) is 11.5 Å². The van der Waals surface area contributed by atoms with Gasteiger partial charge in [-0.2, -0.15) is 13.2 Å². The Morgan fingerprint density at radius 2 is 1.59 bits per heavy atom. The van der Waals surface area contributed by atoms with E-state index in [-0.39, 0.29) is 11.3 Å². The van der Waals surface area contributed by atoms with Crippen LogP contribution in [-0.4, -0.2) is 17.7 Å². The lowest BCUT2D eigenvalue weighted by atomic mass is 10.2. The fourth-order valence-corrected chi connectivity index (χ4v) is 2.43. The van der Waals surface area contributed by atoms with Gasteiger partial charge in [0, 0.05) is 25.7 Å². The van der Waals surface area contributed by atoms with Crippen molar-refractivity contribution in [3.63, 3.8) is 0 Å². The van der Waals surface area contributed by atoms with Crippen molar-refractivity contribution >= 4 is 17.6 Å². The summed E-state index contributed by atoms with van der Waals surface area (Å²) in [5.74, 6) is -2.61. The van der Waals surface area contributed by atoms with E-state index in [2.05, 4.69) is 5.32 Å². The molecule has 0 unspecified atom stereocenters. The van der Waals surface area contributed by atoms with Crippen LogP contribution in [0.25, 0.3) is 0 Å². The number of rotatable bonds is 4. The van der Waals surface area contributed by atoms with Crippen LogP contribution in [-0.2, 0) is 25.2 Å². The van der Waals surface area contributed by atoms with Gasteiger partial charge in [-0.05, 0) is 42.5 Å². The Hall–Kier alpha value is -3.49. The van der Waals surface area contributed by atoms with Crippen LogP contribution in [0.2, 0.25) is 0 Å². The smallest absolute Gasteiger partial charge is 0.416 e. The number of anilines is 1. The number of hydrogen-bond acceptors (Lipinski definition) is 6. The molecule has 1 N–H and O–H groups in total. The van der Waals surface area contributed by atoms with Gasteiger partial charge in [-0.3, -0.25) is 0 Å². The van der Waals surface area contributed by atoms with Gasteiger partial charge in [-0.1, -0.05) is 6.07 Å². The van der Waals surface area contributed by atoms with Gasteiger partial charge in [-0.15, -0.1) is 0 Å². The fourth-order valence-electron chi connectivity index (χ4n) is 2.43. The Bertz CT molecular complexity index is 943. The van der Waals surface area contributed by atoms with Crippen molar-refractivity contribution in [3.05, 3.63) is 65.9 Å². The lowest BCUT2D eigenvalue weighted by molar-refractivity contribution is -0.222. The first-order chi connectivity index (χ1) is 13.5. The highest BCUT2D eigenvalue weighted by atomic mass is 19.4. The summed E-state index contributed by atoms with van der Waals surface area (Å²) in [5.41, 5.74) is -0.609. The standard InChI is InChI=1S/C20H16F3NO5/c1-19(2)28-17(25)16(18(26)29-19)11-24-13-6-8-14(9-7-13)27-15-5-3-4-12(10-15)20(21,22)23/h3-11,24H,1-2H3. The summed E-state index contributed by atoms with van der Waals surface area (Å²) < 4.78 is 53.7. The molecule has 1 saturated heterocycles. The van der Waals surface area contributed by atoms with Crippen molar-refractivity contribution in [1.82, 2.24) is 0 Å². The van der Waals surface area contributed by atoms with Gasteiger partial charge in [0.05, 0.1) is 5.56 Å². The van der Waals surface area contributed by atoms with Crippen LogP contribution in [0.1, 0.15) is 19.4 Å². The number of ether oxygens (including phenoxy) is 3. The van der Waals surface area contributed by atoms with Crippen LogP contribution in [0, 0.1) is 0 Å². The summed E-state index contributed by atoms with van der Waals surface area (Å²) in [6, 6.07) is 10.7. The minimum absolute atomic E-state index is 0.0398. The Kier molecular flexibility index (Phi) is 5.23. The molecule has 0 amide bonds. The number of nitrogens with one attached hydrogen (secondary N) is 1. The first-order valence-electron chi connectivity index (χ1n) is 8.42. The number of carbonyl (C=O) groups excluding carboxylic acids is 2. The summed E-state index contributed by atoms with van der Waals surface area (Å²) in [6.07, 6.45) is -3.31. The van der Waals surface area contributed by atoms with Crippen LogP contribution in [0.15, 0.2) is 60.3 Å². The van der Waals surface area contributed by atoms with Crippen LogP contribution in [0.3, 0.4) is 0 Å². The number of halogens is 3. The number of carbonyl (C=O) groups is 2. The molecule has 0 bridgehead atoms. The number of cyclic esters (lactones) is 2. The van der Waals surface area contributed by atoms with Gasteiger partial charge in [0.15, 0.2) is 5.57 Å². The first-order valence-corrected chi connectivity index (χ1v) is 8.42. The summed E-state index contributed by atoms with van der Waals surface area (Å²) in [4.78, 5) is 23.7. The fraction of sp³-hybridized carbons (Fsp3) is 0.200. The monoisotopic (exact) mass is 407 g/mol. The summed E-state index contributed by atoms with van der Waals surface area (Å²) in [6.45, 7) is 2.88. The van der Waals surface area contributed by atoms with Gasteiger partial charge in [0.2, 0.25) is 0 Å². The van der Waals surface area contributed by atoms with Crippen LogP contribution in [0.4, 0.5) is 18.9 Å². The average Bonchev–Trinajstić information content (AvgIpc) is 2.61. The molecule has 0 saturated carbocycles. The van der Waals surface area contributed by atoms with E-state index in [0.717, 1.165) is 18.3 Å². The van der Waals surface area contributed by atoms with Crippen molar-refractivity contribution in [2.75, 3.05) is 5.32 Å². The SMILES string of the molecule is CC1(C)OC(=O)C(=CNc2ccc(Oc3cccc(C(F)(F)F)c3)cc2)C(=O)O1. The molecule has 6 nitrogen and oxygen atoms in total. The van der Waals surface area contributed by atoms with Crippen molar-refractivity contribution in [1.29, 1.82) is 0 Å². The zero-order chi connectivity index (χ0) is 21.2. The second-order valence-corrected chi connectivity index (χ2v) is 6.53. The quantitative estimate of drug-likeness (QED) is 0.453. The largest absolute Gasteiger partial charge is 0.457 e. The molecule has 1 fully saturated rings. The Balaban J connectivity index is 1.67. The predicted octanol–water partition coefficient (Wildman–Crippen LogP) is 4.63. The molecule has 0 spiro atoms. The van der Waals surface area contributed by atoms with Gasteiger partial charge < -0.3 is 19.5 Å². The van der Waals surface area contributed by atoms with Crippen LogP contribution in [0.5, 0.6) is 11.5 Å². The minimum atomic E-state index is -4.46.